The smallest absolute Gasteiger partial charge is 0.320 e. The van der Waals surface area contributed by atoms with Gasteiger partial charge in [0.05, 0.1) is 6.42 Å². The summed E-state index contributed by atoms with van der Waals surface area (Å²) in [7, 11) is 0. The second-order valence-corrected chi connectivity index (χ2v) is 4.69. The first-order valence-electron chi connectivity index (χ1n) is 5.83. The lowest BCUT2D eigenvalue weighted by Crippen LogP contribution is -2.39. The van der Waals surface area contributed by atoms with E-state index < -0.39 is 18.0 Å². The molecule has 0 amide bonds. The van der Waals surface area contributed by atoms with Crippen molar-refractivity contribution in [1.29, 1.82) is 0 Å². The molecule has 6 heteroatoms. The predicted molar refractivity (Wildman–Crippen MR) is 71.2 cm³/mol. The number of hydrogen-bond donors (Lipinski definition) is 2. The molecular formula is C13H16ClNO4. The number of nitrogens with zero attached hydrogens (tertiary/aromatic N) is 1. The number of hydrogen-bond acceptors (Lipinski definition) is 3. The molecule has 0 fully saturated rings. The molecule has 0 bridgehead atoms. The summed E-state index contributed by atoms with van der Waals surface area (Å²) in [5.41, 5.74) is 0.892. The van der Waals surface area contributed by atoms with Crippen LogP contribution in [0.4, 0.5) is 0 Å². The Kier molecular flexibility index (Phi) is 5.79. The summed E-state index contributed by atoms with van der Waals surface area (Å²) in [4.78, 5) is 23.2. The van der Waals surface area contributed by atoms with Gasteiger partial charge in [-0.25, -0.2) is 0 Å². The molecule has 0 aliphatic rings. The van der Waals surface area contributed by atoms with E-state index in [0.29, 0.717) is 11.6 Å². The zero-order valence-electron chi connectivity index (χ0n) is 10.5. The molecule has 2 N–H and O–H groups in total. The highest BCUT2D eigenvalue weighted by atomic mass is 35.5. The lowest BCUT2D eigenvalue weighted by atomic mass is 10.1. The monoisotopic (exact) mass is 285 g/mol. The average molecular weight is 286 g/mol. The van der Waals surface area contributed by atoms with E-state index >= 15 is 0 Å². The summed E-state index contributed by atoms with van der Waals surface area (Å²) >= 11 is 5.78. The van der Waals surface area contributed by atoms with Crippen LogP contribution in [0.15, 0.2) is 24.3 Å². The van der Waals surface area contributed by atoms with Crippen molar-refractivity contribution in [3.8, 4) is 0 Å². The van der Waals surface area contributed by atoms with E-state index in [2.05, 4.69) is 0 Å². The van der Waals surface area contributed by atoms with E-state index in [-0.39, 0.29) is 13.0 Å². The molecule has 19 heavy (non-hydrogen) atoms. The van der Waals surface area contributed by atoms with Crippen LogP contribution < -0.4 is 0 Å². The topological polar surface area (TPSA) is 77.8 Å². The third-order valence-corrected chi connectivity index (χ3v) is 3.07. The van der Waals surface area contributed by atoms with Gasteiger partial charge < -0.3 is 10.2 Å². The Labute approximate surface area is 116 Å². The Morgan fingerprint density at radius 1 is 1.26 bits per heavy atom. The minimum atomic E-state index is -0.973. The maximum Gasteiger partial charge on any atom is 0.320 e. The van der Waals surface area contributed by atoms with Crippen LogP contribution in [0.25, 0.3) is 0 Å². The maximum absolute atomic E-state index is 11.0. The summed E-state index contributed by atoms with van der Waals surface area (Å²) < 4.78 is 0. The number of rotatable bonds is 7. The first-order chi connectivity index (χ1) is 8.90. The van der Waals surface area contributed by atoms with Crippen molar-refractivity contribution in [2.45, 2.75) is 25.9 Å². The Bertz CT molecular complexity index is 446. The lowest BCUT2D eigenvalue weighted by molar-refractivity contribution is -0.144. The van der Waals surface area contributed by atoms with Crippen molar-refractivity contribution >= 4 is 23.5 Å². The Hall–Kier alpha value is -1.59. The maximum atomic E-state index is 11.0. The minimum absolute atomic E-state index is 0.0921. The fraction of sp³-hybridized carbons (Fsp3) is 0.385. The van der Waals surface area contributed by atoms with Crippen molar-refractivity contribution in [3.05, 3.63) is 34.9 Å². The zero-order valence-corrected chi connectivity index (χ0v) is 11.3. The highest BCUT2D eigenvalue weighted by Crippen LogP contribution is 2.13. The van der Waals surface area contributed by atoms with Gasteiger partial charge in [0.2, 0.25) is 0 Å². The van der Waals surface area contributed by atoms with Gasteiger partial charge in [-0.1, -0.05) is 23.7 Å². The molecule has 0 aliphatic heterocycles. The third kappa shape index (κ3) is 5.28. The molecule has 0 aromatic heterocycles. The molecule has 1 aromatic rings. The molecule has 1 atom stereocenters. The average Bonchev–Trinajstić information content (AvgIpc) is 2.35. The number of aliphatic carboxylic acids is 2. The van der Waals surface area contributed by atoms with Crippen molar-refractivity contribution in [3.63, 3.8) is 0 Å². The first-order valence-corrected chi connectivity index (χ1v) is 6.21. The van der Waals surface area contributed by atoms with E-state index in [0.717, 1.165) is 5.56 Å². The van der Waals surface area contributed by atoms with Crippen LogP contribution in [0.3, 0.4) is 0 Å². The summed E-state index contributed by atoms with van der Waals surface area (Å²) in [5, 5.41) is 18.3. The molecule has 1 unspecified atom stereocenters. The molecule has 0 spiro atoms. The normalized spacial score (nSPS) is 12.4. The molecule has 0 aliphatic carbocycles. The van der Waals surface area contributed by atoms with Crippen molar-refractivity contribution in [2.24, 2.45) is 0 Å². The number of benzene rings is 1. The number of halogens is 1. The molecule has 104 valence electrons. The van der Waals surface area contributed by atoms with E-state index in [1.165, 1.54) is 0 Å². The SMILES string of the molecule is CC(C(=O)O)N(CCC(=O)O)Cc1ccc(Cl)cc1. The summed E-state index contributed by atoms with van der Waals surface area (Å²) in [5.74, 6) is -1.92. The van der Waals surface area contributed by atoms with Crippen LogP contribution in [0.1, 0.15) is 18.9 Å². The van der Waals surface area contributed by atoms with Crippen LogP contribution in [0.5, 0.6) is 0 Å². The largest absolute Gasteiger partial charge is 0.481 e. The molecular weight excluding hydrogens is 270 g/mol. The van der Waals surface area contributed by atoms with E-state index in [9.17, 15) is 9.59 Å². The van der Waals surface area contributed by atoms with Gasteiger partial charge in [-0.15, -0.1) is 0 Å². The van der Waals surface area contributed by atoms with E-state index in [4.69, 9.17) is 21.8 Å². The van der Waals surface area contributed by atoms with Gasteiger partial charge >= 0.3 is 11.9 Å². The molecule has 0 saturated carbocycles. The standard InChI is InChI=1S/C13H16ClNO4/c1-9(13(18)19)15(7-6-12(16)17)8-10-2-4-11(14)5-3-10/h2-5,9H,6-8H2,1H3,(H,16,17)(H,18,19). The van der Waals surface area contributed by atoms with Gasteiger partial charge in [0.15, 0.2) is 0 Å². The van der Waals surface area contributed by atoms with Crippen LogP contribution in [0, 0.1) is 0 Å². The second-order valence-electron chi connectivity index (χ2n) is 4.25. The van der Waals surface area contributed by atoms with Gasteiger partial charge in [-0.05, 0) is 24.6 Å². The highest BCUT2D eigenvalue weighted by molar-refractivity contribution is 6.30. The Morgan fingerprint density at radius 3 is 2.32 bits per heavy atom. The molecule has 1 rings (SSSR count). The van der Waals surface area contributed by atoms with E-state index in [1.54, 1.807) is 36.1 Å². The number of carboxylic acids is 2. The highest BCUT2D eigenvalue weighted by Gasteiger charge is 2.21. The molecule has 0 heterocycles. The molecule has 1 aromatic carbocycles. The number of carboxylic acid groups (broad SMARTS) is 2. The van der Waals surface area contributed by atoms with Crippen molar-refractivity contribution < 1.29 is 19.8 Å². The summed E-state index contributed by atoms with van der Waals surface area (Å²) in [6.45, 7) is 2.10. The Balaban J connectivity index is 2.75. The minimum Gasteiger partial charge on any atom is -0.481 e. The zero-order chi connectivity index (χ0) is 14.4. The molecule has 0 saturated heterocycles. The fourth-order valence-corrected chi connectivity index (χ4v) is 1.76. The van der Waals surface area contributed by atoms with Gasteiger partial charge in [0.25, 0.3) is 0 Å². The van der Waals surface area contributed by atoms with Crippen molar-refractivity contribution in [2.75, 3.05) is 6.54 Å². The third-order valence-electron chi connectivity index (χ3n) is 2.82. The van der Waals surface area contributed by atoms with Crippen LogP contribution in [0.2, 0.25) is 5.02 Å². The van der Waals surface area contributed by atoms with Crippen LogP contribution >= 0.6 is 11.6 Å². The number of carbonyl (C=O) groups is 2. The summed E-state index contributed by atoms with van der Waals surface area (Å²) in [6, 6.07) is 6.29. The van der Waals surface area contributed by atoms with Gasteiger partial charge in [-0.3, -0.25) is 14.5 Å². The van der Waals surface area contributed by atoms with Gasteiger partial charge in [0.1, 0.15) is 6.04 Å². The molecule has 5 nitrogen and oxygen atoms in total. The van der Waals surface area contributed by atoms with Gasteiger partial charge in [-0.2, -0.15) is 0 Å². The first kappa shape index (κ1) is 15.5. The quantitative estimate of drug-likeness (QED) is 0.802. The Morgan fingerprint density at radius 2 is 1.84 bits per heavy atom. The summed E-state index contributed by atoms with van der Waals surface area (Å²) in [6.07, 6.45) is -0.0921. The van der Waals surface area contributed by atoms with Crippen molar-refractivity contribution in [1.82, 2.24) is 4.90 Å². The van der Waals surface area contributed by atoms with Crippen LogP contribution in [-0.2, 0) is 16.1 Å². The predicted octanol–water partition coefficient (Wildman–Crippen LogP) is 2.09. The van der Waals surface area contributed by atoms with Gasteiger partial charge in [0, 0.05) is 18.1 Å². The molecule has 0 radical (unpaired) electrons. The van der Waals surface area contributed by atoms with Crippen LogP contribution in [-0.4, -0.2) is 39.6 Å². The second kappa shape index (κ2) is 7.11. The lowest BCUT2D eigenvalue weighted by Gasteiger charge is -2.25. The fourth-order valence-electron chi connectivity index (χ4n) is 1.63. The van der Waals surface area contributed by atoms with E-state index in [1.807, 2.05) is 0 Å².